The lowest BCUT2D eigenvalue weighted by molar-refractivity contribution is 0.0952. The van der Waals surface area contributed by atoms with Crippen molar-refractivity contribution in [2.24, 2.45) is 0 Å². The number of hydrogen-bond acceptors (Lipinski definition) is 5. The fourth-order valence-electron chi connectivity index (χ4n) is 3.26. The Hall–Kier alpha value is -1.64. The summed E-state index contributed by atoms with van der Waals surface area (Å²) in [5.41, 5.74) is 0.645. The highest BCUT2D eigenvalue weighted by molar-refractivity contribution is 7.89. The second-order valence-corrected chi connectivity index (χ2v) is 9.20. The van der Waals surface area contributed by atoms with Crippen molar-refractivity contribution in [2.75, 3.05) is 39.3 Å². The molecule has 1 aliphatic heterocycles. The van der Waals surface area contributed by atoms with Gasteiger partial charge in [0.1, 0.15) is 5.75 Å². The summed E-state index contributed by atoms with van der Waals surface area (Å²) in [7, 11) is -3.52. The first-order valence-electron chi connectivity index (χ1n) is 9.64. The SMILES string of the molecule is CCOc1ccc(S(=O)(=O)N2CCN(CCC(=O)c3ccc(Cl)cc3)CC2)cc1.Cl. The average molecular weight is 473 g/mol. The van der Waals surface area contributed by atoms with Gasteiger partial charge in [-0.3, -0.25) is 4.79 Å². The first-order valence-corrected chi connectivity index (χ1v) is 11.5. The molecule has 0 N–H and O–H groups in total. The third kappa shape index (κ3) is 6.18. The molecule has 0 spiro atoms. The van der Waals surface area contributed by atoms with Gasteiger partial charge in [0.2, 0.25) is 10.0 Å². The summed E-state index contributed by atoms with van der Waals surface area (Å²) in [5, 5.41) is 0.603. The molecular weight excluding hydrogens is 447 g/mol. The largest absolute Gasteiger partial charge is 0.494 e. The van der Waals surface area contributed by atoms with Crippen molar-refractivity contribution in [3.8, 4) is 5.75 Å². The van der Waals surface area contributed by atoms with Gasteiger partial charge in [0.25, 0.3) is 0 Å². The number of piperazine rings is 1. The molecule has 0 radical (unpaired) electrons. The van der Waals surface area contributed by atoms with Crippen LogP contribution in [0.25, 0.3) is 0 Å². The number of benzene rings is 2. The van der Waals surface area contributed by atoms with Crippen molar-refractivity contribution < 1.29 is 17.9 Å². The van der Waals surface area contributed by atoms with E-state index in [4.69, 9.17) is 16.3 Å². The number of sulfonamides is 1. The molecule has 0 aromatic heterocycles. The molecule has 3 rings (SSSR count). The molecule has 0 unspecified atom stereocenters. The van der Waals surface area contributed by atoms with E-state index in [0.717, 1.165) is 0 Å². The predicted octanol–water partition coefficient (Wildman–Crippen LogP) is 3.74. The minimum absolute atomic E-state index is 0. The van der Waals surface area contributed by atoms with Gasteiger partial charge in [0.05, 0.1) is 11.5 Å². The number of nitrogens with zero attached hydrogens (tertiary/aromatic N) is 2. The monoisotopic (exact) mass is 472 g/mol. The Bertz CT molecular complexity index is 926. The van der Waals surface area contributed by atoms with Crippen LogP contribution in [0, 0.1) is 0 Å². The van der Waals surface area contributed by atoms with E-state index in [-0.39, 0.29) is 23.1 Å². The van der Waals surface area contributed by atoms with Crippen LogP contribution in [0.2, 0.25) is 5.02 Å². The smallest absolute Gasteiger partial charge is 0.243 e. The molecule has 0 amide bonds. The number of carbonyl (C=O) groups excluding carboxylic acids is 1. The molecule has 1 heterocycles. The zero-order valence-electron chi connectivity index (χ0n) is 16.8. The Morgan fingerprint density at radius 1 is 1.00 bits per heavy atom. The first kappa shape index (κ1) is 24.6. The Morgan fingerprint density at radius 2 is 1.60 bits per heavy atom. The molecule has 6 nitrogen and oxygen atoms in total. The summed E-state index contributed by atoms with van der Waals surface area (Å²) in [6, 6.07) is 13.4. The maximum atomic E-state index is 12.8. The summed E-state index contributed by atoms with van der Waals surface area (Å²) in [5.74, 6) is 0.715. The van der Waals surface area contributed by atoms with Crippen molar-refractivity contribution in [2.45, 2.75) is 18.2 Å². The summed E-state index contributed by atoms with van der Waals surface area (Å²) < 4.78 is 32.6. The summed E-state index contributed by atoms with van der Waals surface area (Å²) >= 11 is 5.85. The lowest BCUT2D eigenvalue weighted by atomic mass is 10.1. The average Bonchev–Trinajstić information content (AvgIpc) is 2.73. The highest BCUT2D eigenvalue weighted by Crippen LogP contribution is 2.21. The first-order chi connectivity index (χ1) is 13.9. The maximum Gasteiger partial charge on any atom is 0.243 e. The third-order valence-corrected chi connectivity index (χ3v) is 7.09. The van der Waals surface area contributed by atoms with E-state index in [1.54, 1.807) is 48.5 Å². The molecule has 0 atom stereocenters. The number of ketones is 1. The highest BCUT2D eigenvalue weighted by atomic mass is 35.5. The molecule has 2 aromatic carbocycles. The predicted molar refractivity (Wildman–Crippen MR) is 120 cm³/mol. The van der Waals surface area contributed by atoms with Crippen LogP contribution >= 0.6 is 24.0 Å². The van der Waals surface area contributed by atoms with Crippen molar-refractivity contribution in [3.63, 3.8) is 0 Å². The van der Waals surface area contributed by atoms with E-state index in [1.165, 1.54) is 4.31 Å². The van der Waals surface area contributed by atoms with Crippen LogP contribution in [0.15, 0.2) is 53.4 Å². The molecule has 1 saturated heterocycles. The number of carbonyl (C=O) groups is 1. The van der Waals surface area contributed by atoms with Gasteiger partial charge in [-0.2, -0.15) is 4.31 Å². The van der Waals surface area contributed by atoms with E-state index in [2.05, 4.69) is 4.90 Å². The molecule has 0 saturated carbocycles. The third-order valence-electron chi connectivity index (χ3n) is 4.93. The Morgan fingerprint density at radius 3 is 2.17 bits per heavy atom. The second-order valence-electron chi connectivity index (χ2n) is 6.83. The van der Waals surface area contributed by atoms with Crippen LogP contribution in [0.4, 0.5) is 0 Å². The fraction of sp³-hybridized carbons (Fsp3) is 0.381. The molecule has 0 aliphatic carbocycles. The summed E-state index contributed by atoms with van der Waals surface area (Å²) in [6.07, 6.45) is 0.396. The number of halogens is 2. The molecule has 0 bridgehead atoms. The Kier molecular flexibility index (Phi) is 9.12. The number of Topliss-reactive ketones (excluding diaryl/α,β-unsaturated/α-hetero) is 1. The van der Waals surface area contributed by atoms with E-state index in [1.807, 2.05) is 6.92 Å². The molecule has 30 heavy (non-hydrogen) atoms. The van der Waals surface area contributed by atoms with E-state index < -0.39 is 10.0 Å². The number of ether oxygens (including phenoxy) is 1. The van der Waals surface area contributed by atoms with Gasteiger partial charge in [-0.05, 0) is 55.5 Å². The van der Waals surface area contributed by atoms with Gasteiger partial charge in [0.15, 0.2) is 5.78 Å². The Balaban J connectivity index is 0.00000320. The zero-order valence-corrected chi connectivity index (χ0v) is 19.2. The van der Waals surface area contributed by atoms with Crippen LogP contribution in [-0.4, -0.2) is 62.7 Å². The summed E-state index contributed by atoms with van der Waals surface area (Å²) in [6.45, 7) is 5.05. The second kappa shape index (κ2) is 11.1. The fourth-order valence-corrected chi connectivity index (χ4v) is 4.81. The minimum Gasteiger partial charge on any atom is -0.494 e. The molecule has 1 aliphatic rings. The van der Waals surface area contributed by atoms with E-state index in [0.29, 0.717) is 62.1 Å². The van der Waals surface area contributed by atoms with E-state index in [9.17, 15) is 13.2 Å². The van der Waals surface area contributed by atoms with Crippen molar-refractivity contribution in [3.05, 3.63) is 59.1 Å². The van der Waals surface area contributed by atoms with Crippen molar-refractivity contribution >= 4 is 39.8 Å². The normalized spacial score (nSPS) is 15.4. The molecule has 164 valence electrons. The minimum atomic E-state index is -3.52. The van der Waals surface area contributed by atoms with Crippen LogP contribution in [0.3, 0.4) is 0 Å². The van der Waals surface area contributed by atoms with E-state index >= 15 is 0 Å². The quantitative estimate of drug-likeness (QED) is 0.547. The van der Waals surface area contributed by atoms with Crippen molar-refractivity contribution in [1.29, 1.82) is 0 Å². The van der Waals surface area contributed by atoms with Crippen molar-refractivity contribution in [1.82, 2.24) is 9.21 Å². The van der Waals surface area contributed by atoms with Crippen LogP contribution < -0.4 is 4.74 Å². The van der Waals surface area contributed by atoms with Gasteiger partial charge < -0.3 is 9.64 Å². The molecular formula is C21H26Cl2N2O4S. The summed E-state index contributed by atoms with van der Waals surface area (Å²) in [4.78, 5) is 14.7. The lowest BCUT2D eigenvalue weighted by Crippen LogP contribution is -2.48. The van der Waals surface area contributed by atoms with Gasteiger partial charge >= 0.3 is 0 Å². The van der Waals surface area contributed by atoms with Gasteiger partial charge in [-0.15, -0.1) is 12.4 Å². The zero-order chi connectivity index (χ0) is 20.9. The van der Waals surface area contributed by atoms with Gasteiger partial charge in [-0.25, -0.2) is 8.42 Å². The Labute approximate surface area is 189 Å². The maximum absolute atomic E-state index is 12.8. The molecule has 1 fully saturated rings. The van der Waals surface area contributed by atoms with Crippen LogP contribution in [0.1, 0.15) is 23.7 Å². The van der Waals surface area contributed by atoms with Gasteiger partial charge in [0, 0.05) is 49.7 Å². The lowest BCUT2D eigenvalue weighted by Gasteiger charge is -2.33. The standard InChI is InChI=1S/C21H25ClN2O4S.ClH/c1-2-28-19-7-9-20(10-8-19)29(26,27)24-15-13-23(14-16-24)12-11-21(25)17-3-5-18(22)6-4-17;/h3-10H,2,11-16H2,1H3;1H. The number of hydrogen-bond donors (Lipinski definition) is 0. The van der Waals surface area contributed by atoms with Crippen LogP contribution in [0.5, 0.6) is 5.75 Å². The van der Waals surface area contributed by atoms with Crippen LogP contribution in [-0.2, 0) is 10.0 Å². The topological polar surface area (TPSA) is 66.9 Å². The molecule has 2 aromatic rings. The molecule has 9 heteroatoms. The highest BCUT2D eigenvalue weighted by Gasteiger charge is 2.28. The van der Waals surface area contributed by atoms with Gasteiger partial charge in [-0.1, -0.05) is 11.6 Å². The number of rotatable bonds is 8.